The van der Waals surface area contributed by atoms with Gasteiger partial charge in [-0.15, -0.1) is 0 Å². The summed E-state index contributed by atoms with van der Waals surface area (Å²) in [6.45, 7) is 3.41. The van der Waals surface area contributed by atoms with E-state index in [0.29, 0.717) is 12.8 Å². The first-order chi connectivity index (χ1) is 6.31. The lowest BCUT2D eigenvalue weighted by Gasteiger charge is -2.29. The molecule has 0 radical (unpaired) electrons. The third-order valence-corrected chi connectivity index (χ3v) is 3.49. The molecule has 0 fully saturated rings. The van der Waals surface area contributed by atoms with Crippen LogP contribution >= 0.6 is 7.60 Å². The van der Waals surface area contributed by atoms with Gasteiger partial charge in [-0.25, -0.2) is 5.84 Å². The summed E-state index contributed by atoms with van der Waals surface area (Å²) in [6.07, 6.45) is 0.228. The monoisotopic (exact) mass is 224 g/mol. The largest absolute Gasteiger partial charge is 0.326 e. The normalized spacial score (nSPS) is 12.6. The van der Waals surface area contributed by atoms with E-state index in [2.05, 4.69) is 0 Å². The van der Waals surface area contributed by atoms with Crippen molar-refractivity contribution in [3.63, 3.8) is 0 Å². The molecule has 0 aromatic heterocycles. The van der Waals surface area contributed by atoms with Crippen molar-refractivity contribution in [1.29, 1.82) is 0 Å². The zero-order valence-corrected chi connectivity index (χ0v) is 9.25. The number of nitrogens with two attached hydrogens (primary N) is 1. The van der Waals surface area contributed by atoms with Gasteiger partial charge in [0.15, 0.2) is 0 Å². The SMILES string of the molecule is CCC(CC)(CP(=O)(O)O)C(=O)NN. The Hall–Kier alpha value is -0.420. The Labute approximate surface area is 83.0 Å². The van der Waals surface area contributed by atoms with Crippen molar-refractivity contribution in [3.8, 4) is 0 Å². The highest BCUT2D eigenvalue weighted by molar-refractivity contribution is 7.51. The molecule has 0 heterocycles. The number of rotatable bonds is 5. The van der Waals surface area contributed by atoms with E-state index in [1.54, 1.807) is 13.8 Å². The summed E-state index contributed by atoms with van der Waals surface area (Å²) < 4.78 is 10.9. The van der Waals surface area contributed by atoms with Crippen LogP contribution in [0, 0.1) is 5.41 Å². The van der Waals surface area contributed by atoms with Gasteiger partial charge in [0.05, 0.1) is 11.6 Å². The molecule has 0 aliphatic heterocycles. The van der Waals surface area contributed by atoms with Gasteiger partial charge in [-0.3, -0.25) is 14.8 Å². The second-order valence-corrected chi connectivity index (χ2v) is 4.93. The Morgan fingerprint density at radius 3 is 2.07 bits per heavy atom. The quantitative estimate of drug-likeness (QED) is 0.226. The molecule has 0 aromatic rings. The predicted octanol–water partition coefficient (Wildman–Crippen LogP) is -0.0396. The molecule has 0 aliphatic carbocycles. The zero-order chi connectivity index (χ0) is 11.4. The van der Waals surface area contributed by atoms with Crippen molar-refractivity contribution in [3.05, 3.63) is 0 Å². The summed E-state index contributed by atoms with van der Waals surface area (Å²) in [5.74, 6) is 4.45. The molecule has 0 saturated carbocycles. The minimum absolute atomic E-state index is 0.345. The van der Waals surface area contributed by atoms with Gasteiger partial charge < -0.3 is 9.79 Å². The maximum Gasteiger partial charge on any atom is 0.326 e. The summed E-state index contributed by atoms with van der Waals surface area (Å²) >= 11 is 0. The van der Waals surface area contributed by atoms with Crippen molar-refractivity contribution in [1.82, 2.24) is 5.43 Å². The molecule has 0 atom stereocenters. The third kappa shape index (κ3) is 3.38. The van der Waals surface area contributed by atoms with E-state index in [4.69, 9.17) is 15.6 Å². The van der Waals surface area contributed by atoms with E-state index in [9.17, 15) is 9.36 Å². The van der Waals surface area contributed by atoms with Crippen LogP contribution < -0.4 is 11.3 Å². The molecule has 1 amide bonds. The first-order valence-electron chi connectivity index (χ1n) is 4.37. The van der Waals surface area contributed by atoms with Gasteiger partial charge in [0.25, 0.3) is 0 Å². The van der Waals surface area contributed by atoms with Gasteiger partial charge in [0.2, 0.25) is 5.91 Å². The minimum atomic E-state index is -4.20. The van der Waals surface area contributed by atoms with Crippen molar-refractivity contribution in [2.24, 2.45) is 11.3 Å². The van der Waals surface area contributed by atoms with Gasteiger partial charge >= 0.3 is 7.60 Å². The summed E-state index contributed by atoms with van der Waals surface area (Å²) in [4.78, 5) is 29.1. The van der Waals surface area contributed by atoms with Crippen LogP contribution in [0.2, 0.25) is 0 Å². The van der Waals surface area contributed by atoms with E-state index in [1.165, 1.54) is 0 Å². The Kier molecular flexibility index (Phi) is 4.74. The highest BCUT2D eigenvalue weighted by Gasteiger charge is 2.40. The van der Waals surface area contributed by atoms with Crippen LogP contribution in [-0.4, -0.2) is 21.9 Å². The molecule has 0 unspecified atom stereocenters. The maximum atomic E-state index is 11.4. The molecule has 0 spiro atoms. The number of hydrazine groups is 1. The number of hydrogen-bond donors (Lipinski definition) is 4. The summed E-state index contributed by atoms with van der Waals surface area (Å²) in [6, 6.07) is 0. The van der Waals surface area contributed by atoms with E-state index in [0.717, 1.165) is 0 Å². The summed E-state index contributed by atoms with van der Waals surface area (Å²) in [5.41, 5.74) is 0.886. The molecule has 14 heavy (non-hydrogen) atoms. The van der Waals surface area contributed by atoms with Crippen molar-refractivity contribution >= 4 is 13.5 Å². The van der Waals surface area contributed by atoms with Crippen LogP contribution in [0.25, 0.3) is 0 Å². The van der Waals surface area contributed by atoms with Gasteiger partial charge in [-0.2, -0.15) is 0 Å². The molecule has 84 valence electrons. The van der Waals surface area contributed by atoms with E-state index >= 15 is 0 Å². The molecular formula is C7H17N2O4P. The third-order valence-electron chi connectivity index (χ3n) is 2.47. The Balaban J connectivity index is 4.89. The molecule has 0 aliphatic rings. The van der Waals surface area contributed by atoms with Gasteiger partial charge in [-0.1, -0.05) is 13.8 Å². The fourth-order valence-corrected chi connectivity index (χ4v) is 2.79. The molecule has 0 bridgehead atoms. The highest BCUT2D eigenvalue weighted by atomic mass is 31.2. The molecular weight excluding hydrogens is 207 g/mol. The average Bonchev–Trinajstić information content (AvgIpc) is 2.11. The van der Waals surface area contributed by atoms with Crippen molar-refractivity contribution in [2.45, 2.75) is 26.7 Å². The van der Waals surface area contributed by atoms with Crippen LogP contribution in [0.1, 0.15) is 26.7 Å². The van der Waals surface area contributed by atoms with Crippen LogP contribution in [0.5, 0.6) is 0 Å². The lowest BCUT2D eigenvalue weighted by atomic mass is 9.84. The summed E-state index contributed by atoms with van der Waals surface area (Å²) in [7, 11) is -4.20. The molecule has 0 saturated heterocycles. The van der Waals surface area contributed by atoms with Crippen LogP contribution in [0.4, 0.5) is 0 Å². The molecule has 0 rings (SSSR count). The second kappa shape index (κ2) is 4.89. The Morgan fingerprint density at radius 1 is 1.43 bits per heavy atom. The zero-order valence-electron chi connectivity index (χ0n) is 8.36. The summed E-state index contributed by atoms with van der Waals surface area (Å²) in [5, 5.41) is 0. The number of amides is 1. The van der Waals surface area contributed by atoms with Crippen LogP contribution in [0.3, 0.4) is 0 Å². The first kappa shape index (κ1) is 13.6. The lowest BCUT2D eigenvalue weighted by molar-refractivity contribution is -0.130. The number of carbonyl (C=O) groups excluding carboxylic acids is 1. The van der Waals surface area contributed by atoms with Gasteiger partial charge in [0.1, 0.15) is 0 Å². The van der Waals surface area contributed by atoms with Gasteiger partial charge in [-0.05, 0) is 12.8 Å². The topological polar surface area (TPSA) is 113 Å². The smallest absolute Gasteiger partial charge is 0.324 e. The standard InChI is InChI=1S/C7H17N2O4P/c1-3-7(4-2,6(10)9-8)5-14(11,12)13/h3-5,8H2,1-2H3,(H,9,10)(H2,11,12,13). The van der Waals surface area contributed by atoms with Crippen molar-refractivity contribution in [2.75, 3.05) is 6.16 Å². The minimum Gasteiger partial charge on any atom is -0.324 e. The molecule has 6 nitrogen and oxygen atoms in total. The average molecular weight is 224 g/mol. The maximum absolute atomic E-state index is 11.4. The first-order valence-corrected chi connectivity index (χ1v) is 6.16. The number of nitrogens with one attached hydrogen (secondary N) is 1. The molecule has 7 heteroatoms. The van der Waals surface area contributed by atoms with Crippen LogP contribution in [0.15, 0.2) is 0 Å². The van der Waals surface area contributed by atoms with Gasteiger partial charge in [0, 0.05) is 0 Å². The highest BCUT2D eigenvalue weighted by Crippen LogP contribution is 2.45. The Morgan fingerprint density at radius 2 is 1.86 bits per heavy atom. The van der Waals surface area contributed by atoms with E-state index in [1.807, 2.05) is 5.43 Å². The second-order valence-electron chi connectivity index (χ2n) is 3.28. The van der Waals surface area contributed by atoms with E-state index in [-0.39, 0.29) is 0 Å². The Bertz CT molecular complexity index is 246. The number of carbonyl (C=O) groups is 1. The van der Waals surface area contributed by atoms with Crippen molar-refractivity contribution < 1.29 is 19.1 Å². The molecule has 5 N–H and O–H groups in total. The lowest BCUT2D eigenvalue weighted by Crippen LogP contribution is -2.45. The van der Waals surface area contributed by atoms with E-state index < -0.39 is 25.1 Å². The fraction of sp³-hybridized carbons (Fsp3) is 0.857. The molecule has 0 aromatic carbocycles. The van der Waals surface area contributed by atoms with Crippen LogP contribution in [-0.2, 0) is 9.36 Å². The predicted molar refractivity (Wildman–Crippen MR) is 52.3 cm³/mol. The number of hydrogen-bond acceptors (Lipinski definition) is 3. The fourth-order valence-electron chi connectivity index (χ4n) is 1.41.